The highest BCUT2D eigenvalue weighted by Crippen LogP contribution is 2.49. The number of carboxylic acid groups (broad SMARTS) is 1. The third-order valence-corrected chi connectivity index (χ3v) is 6.42. The lowest BCUT2D eigenvalue weighted by molar-refractivity contribution is -0.146. The highest BCUT2D eigenvalue weighted by molar-refractivity contribution is 5.83. The Morgan fingerprint density at radius 2 is 1.75 bits per heavy atom. The van der Waals surface area contributed by atoms with Crippen molar-refractivity contribution < 1.29 is 19.4 Å². The van der Waals surface area contributed by atoms with Gasteiger partial charge < -0.3 is 19.5 Å². The van der Waals surface area contributed by atoms with E-state index in [1.165, 1.54) is 0 Å². The third-order valence-electron chi connectivity index (χ3n) is 6.42. The Hall–Kier alpha value is -2.69. The number of fused-ring (bicyclic) bond motifs is 2. The summed E-state index contributed by atoms with van der Waals surface area (Å²) in [6.45, 7) is 0. The Morgan fingerprint density at radius 3 is 2.39 bits per heavy atom. The van der Waals surface area contributed by atoms with Gasteiger partial charge in [0.25, 0.3) is 0 Å². The van der Waals surface area contributed by atoms with Gasteiger partial charge in [0.15, 0.2) is 0 Å². The van der Waals surface area contributed by atoms with E-state index < -0.39 is 11.4 Å². The molecule has 2 atom stereocenters. The summed E-state index contributed by atoms with van der Waals surface area (Å²) in [6, 6.07) is 16.0. The van der Waals surface area contributed by atoms with Gasteiger partial charge in [0, 0.05) is 12.1 Å². The molecule has 1 N–H and O–H groups in total. The van der Waals surface area contributed by atoms with Crippen LogP contribution in [0.25, 0.3) is 0 Å². The number of piperidine rings is 2. The smallest absolute Gasteiger partial charge is 0.314 e. The van der Waals surface area contributed by atoms with Crippen molar-refractivity contribution in [3.63, 3.8) is 0 Å². The van der Waals surface area contributed by atoms with Crippen LogP contribution in [0.2, 0.25) is 0 Å². The lowest BCUT2D eigenvalue weighted by Crippen LogP contribution is -2.59. The van der Waals surface area contributed by atoms with E-state index in [0.29, 0.717) is 18.6 Å². The second-order valence-corrected chi connectivity index (χ2v) is 7.85. The van der Waals surface area contributed by atoms with Crippen molar-refractivity contribution in [2.75, 3.05) is 19.1 Å². The lowest BCUT2D eigenvalue weighted by Gasteiger charge is -2.53. The van der Waals surface area contributed by atoms with Gasteiger partial charge in [-0.1, -0.05) is 24.3 Å². The molecule has 0 aliphatic carbocycles. The fourth-order valence-corrected chi connectivity index (χ4v) is 5.15. The number of carbonyl (C=O) groups is 1. The third kappa shape index (κ3) is 2.99. The van der Waals surface area contributed by atoms with Crippen LogP contribution in [0.1, 0.15) is 37.7 Å². The largest absolute Gasteiger partial charge is 0.497 e. The molecule has 2 aromatic carbocycles. The maximum atomic E-state index is 12.6. The molecule has 5 nitrogen and oxygen atoms in total. The van der Waals surface area contributed by atoms with Crippen LogP contribution in [0.5, 0.6) is 11.5 Å². The number of aliphatic carboxylic acids is 1. The molecule has 2 unspecified atom stereocenters. The Labute approximate surface area is 165 Å². The molecule has 148 valence electrons. The maximum absolute atomic E-state index is 12.6. The first-order valence-electron chi connectivity index (χ1n) is 9.88. The average molecular weight is 381 g/mol. The molecule has 2 fully saturated rings. The zero-order valence-corrected chi connectivity index (χ0v) is 16.4. The van der Waals surface area contributed by atoms with Crippen molar-refractivity contribution in [2.45, 2.75) is 49.6 Å². The van der Waals surface area contributed by atoms with E-state index in [1.54, 1.807) is 14.2 Å². The van der Waals surface area contributed by atoms with Crippen LogP contribution in [-0.2, 0) is 10.2 Å². The van der Waals surface area contributed by atoms with E-state index >= 15 is 0 Å². The number of benzene rings is 2. The summed E-state index contributed by atoms with van der Waals surface area (Å²) >= 11 is 0. The Bertz CT molecular complexity index is 851. The summed E-state index contributed by atoms with van der Waals surface area (Å²) < 4.78 is 11.0. The van der Waals surface area contributed by atoms with E-state index in [0.717, 1.165) is 36.3 Å². The van der Waals surface area contributed by atoms with Gasteiger partial charge in [-0.2, -0.15) is 0 Å². The van der Waals surface area contributed by atoms with Crippen LogP contribution in [-0.4, -0.2) is 37.4 Å². The van der Waals surface area contributed by atoms with Gasteiger partial charge in [-0.3, -0.25) is 4.79 Å². The molecule has 0 amide bonds. The predicted octanol–water partition coefficient (Wildman–Crippen LogP) is 4.25. The molecular weight excluding hydrogens is 354 g/mol. The number of carboxylic acids is 1. The zero-order valence-electron chi connectivity index (χ0n) is 16.4. The predicted molar refractivity (Wildman–Crippen MR) is 108 cm³/mol. The molecule has 4 rings (SSSR count). The summed E-state index contributed by atoms with van der Waals surface area (Å²) in [4.78, 5) is 15.0. The normalized spacial score (nSPS) is 26.6. The fraction of sp³-hybridized carbons (Fsp3) is 0.435. The van der Waals surface area contributed by atoms with Gasteiger partial charge in [0.05, 0.1) is 25.3 Å². The number of nitrogens with zero attached hydrogens (tertiary/aromatic N) is 1. The van der Waals surface area contributed by atoms with Gasteiger partial charge in [0.2, 0.25) is 0 Å². The molecule has 28 heavy (non-hydrogen) atoms. The van der Waals surface area contributed by atoms with Gasteiger partial charge in [-0.05, 0) is 61.9 Å². The Kier molecular flexibility index (Phi) is 4.92. The van der Waals surface area contributed by atoms with E-state index in [2.05, 4.69) is 11.0 Å². The fourth-order valence-electron chi connectivity index (χ4n) is 5.15. The number of anilines is 1. The Balaban J connectivity index is 1.76. The second-order valence-electron chi connectivity index (χ2n) is 7.85. The van der Waals surface area contributed by atoms with Crippen LogP contribution in [0, 0.1) is 0 Å². The van der Waals surface area contributed by atoms with Crippen LogP contribution in [0.4, 0.5) is 5.69 Å². The summed E-state index contributed by atoms with van der Waals surface area (Å²) in [5, 5.41) is 10.3. The van der Waals surface area contributed by atoms with Crippen molar-refractivity contribution >= 4 is 11.7 Å². The molecule has 2 saturated heterocycles. The molecule has 0 aromatic heterocycles. The molecule has 2 aliphatic heterocycles. The van der Waals surface area contributed by atoms with Crippen molar-refractivity contribution in [2.24, 2.45) is 0 Å². The van der Waals surface area contributed by atoms with Crippen molar-refractivity contribution in [3.05, 3.63) is 54.1 Å². The monoisotopic (exact) mass is 381 g/mol. The SMILES string of the molecule is COc1cccc(C2(C(=O)O)CC3CCCC(C2)N3c2ccccc2OC)c1. The highest BCUT2D eigenvalue weighted by atomic mass is 16.5. The van der Waals surface area contributed by atoms with Crippen LogP contribution >= 0.6 is 0 Å². The minimum absolute atomic E-state index is 0.172. The van der Waals surface area contributed by atoms with Crippen LogP contribution < -0.4 is 14.4 Å². The molecular formula is C23H27NO4. The van der Waals surface area contributed by atoms with E-state index in [9.17, 15) is 9.90 Å². The number of para-hydroxylation sites is 2. The topological polar surface area (TPSA) is 59.0 Å². The minimum atomic E-state index is -0.886. The van der Waals surface area contributed by atoms with Crippen LogP contribution in [0.15, 0.2) is 48.5 Å². The first kappa shape index (κ1) is 18.7. The summed E-state index contributed by atoms with van der Waals surface area (Å²) in [7, 11) is 3.31. The van der Waals surface area contributed by atoms with Gasteiger partial charge in [-0.15, -0.1) is 0 Å². The second kappa shape index (κ2) is 7.38. The molecule has 0 spiro atoms. The minimum Gasteiger partial charge on any atom is -0.497 e. The molecule has 2 bridgehead atoms. The Morgan fingerprint density at radius 1 is 1.04 bits per heavy atom. The maximum Gasteiger partial charge on any atom is 0.314 e. The number of ether oxygens (including phenoxy) is 2. The quantitative estimate of drug-likeness (QED) is 0.839. The van der Waals surface area contributed by atoms with Gasteiger partial charge in [0.1, 0.15) is 11.5 Å². The number of methoxy groups -OCH3 is 2. The molecule has 2 heterocycles. The standard InChI is InChI=1S/C23H27NO4/c1-27-19-10-5-7-16(13-19)23(22(25)26)14-17-8-6-9-18(15-23)24(17)20-11-3-4-12-21(20)28-2/h3-5,7,10-13,17-18H,6,8-9,14-15H2,1-2H3,(H,25,26). The molecule has 2 aromatic rings. The number of hydrogen-bond acceptors (Lipinski definition) is 4. The van der Waals surface area contributed by atoms with Crippen molar-refractivity contribution in [3.8, 4) is 11.5 Å². The molecule has 2 aliphatic rings. The lowest BCUT2D eigenvalue weighted by atomic mass is 9.64. The highest BCUT2D eigenvalue weighted by Gasteiger charge is 2.52. The molecule has 5 heteroatoms. The summed E-state index contributed by atoms with van der Waals surface area (Å²) in [5.74, 6) is 0.816. The van der Waals surface area contributed by atoms with E-state index in [1.807, 2.05) is 42.5 Å². The first-order valence-corrected chi connectivity index (χ1v) is 9.88. The summed E-state index contributed by atoms with van der Waals surface area (Å²) in [6.07, 6.45) is 4.30. The number of hydrogen-bond donors (Lipinski definition) is 1. The zero-order chi connectivity index (χ0) is 19.7. The average Bonchev–Trinajstić information content (AvgIpc) is 2.72. The van der Waals surface area contributed by atoms with Crippen molar-refractivity contribution in [1.29, 1.82) is 0 Å². The number of rotatable bonds is 5. The molecule has 0 saturated carbocycles. The van der Waals surface area contributed by atoms with Crippen molar-refractivity contribution in [1.82, 2.24) is 0 Å². The molecule has 0 radical (unpaired) electrons. The first-order chi connectivity index (χ1) is 13.6. The van der Waals surface area contributed by atoms with Crippen LogP contribution in [0.3, 0.4) is 0 Å². The van der Waals surface area contributed by atoms with E-state index in [-0.39, 0.29) is 12.1 Å². The van der Waals surface area contributed by atoms with E-state index in [4.69, 9.17) is 9.47 Å². The van der Waals surface area contributed by atoms with Gasteiger partial charge in [-0.25, -0.2) is 0 Å². The van der Waals surface area contributed by atoms with Gasteiger partial charge >= 0.3 is 5.97 Å². The summed E-state index contributed by atoms with van der Waals surface area (Å²) in [5.41, 5.74) is 1.03.